The molecule has 0 spiro atoms. The smallest absolute Gasteiger partial charge is 0.169 e. The molecule has 0 aliphatic carbocycles. The van der Waals surface area contributed by atoms with Gasteiger partial charge >= 0.3 is 0 Å². The van der Waals surface area contributed by atoms with E-state index in [1.54, 1.807) is 18.3 Å². The van der Waals surface area contributed by atoms with E-state index in [0.717, 1.165) is 16.5 Å². The molecular formula is C17H14FNO. The lowest BCUT2D eigenvalue weighted by atomic mass is 10.0. The number of carbonyl (C=O) groups is 1. The number of nitrogens with one attached hydrogen (secondary N) is 1. The van der Waals surface area contributed by atoms with E-state index in [0.29, 0.717) is 11.1 Å². The number of hydrogen-bond acceptors (Lipinski definition) is 1. The molecule has 0 atom stereocenters. The third kappa shape index (κ3) is 2.35. The first-order chi connectivity index (χ1) is 9.63. The third-order valence-corrected chi connectivity index (χ3v) is 3.39. The van der Waals surface area contributed by atoms with Crippen molar-refractivity contribution < 1.29 is 9.18 Å². The number of halogens is 1. The van der Waals surface area contributed by atoms with Crippen molar-refractivity contribution in [2.75, 3.05) is 0 Å². The number of benzene rings is 2. The molecule has 3 heteroatoms. The van der Waals surface area contributed by atoms with E-state index in [9.17, 15) is 9.18 Å². The van der Waals surface area contributed by atoms with Crippen LogP contribution in [0.1, 0.15) is 21.5 Å². The SMILES string of the molecule is Cc1ccc2[nH]cc(C(=O)Cc3cccc(F)c3)c2c1. The fraction of sp³-hybridized carbons (Fsp3) is 0.118. The van der Waals surface area contributed by atoms with E-state index in [4.69, 9.17) is 0 Å². The van der Waals surface area contributed by atoms with Crippen LogP contribution in [0.25, 0.3) is 10.9 Å². The number of rotatable bonds is 3. The summed E-state index contributed by atoms with van der Waals surface area (Å²) in [6, 6.07) is 12.1. The molecule has 0 amide bonds. The predicted octanol–water partition coefficient (Wildman–Crippen LogP) is 4.04. The van der Waals surface area contributed by atoms with E-state index < -0.39 is 0 Å². The molecule has 0 aliphatic rings. The van der Waals surface area contributed by atoms with E-state index in [-0.39, 0.29) is 18.0 Å². The maximum Gasteiger partial charge on any atom is 0.169 e. The molecule has 3 rings (SSSR count). The lowest BCUT2D eigenvalue weighted by Crippen LogP contribution is -2.03. The van der Waals surface area contributed by atoms with Gasteiger partial charge in [0.15, 0.2) is 5.78 Å². The average Bonchev–Trinajstić information content (AvgIpc) is 2.81. The molecule has 20 heavy (non-hydrogen) atoms. The Balaban J connectivity index is 1.94. The molecule has 3 aromatic rings. The van der Waals surface area contributed by atoms with Gasteiger partial charge in [0, 0.05) is 29.1 Å². The van der Waals surface area contributed by atoms with Gasteiger partial charge in [0.05, 0.1) is 0 Å². The summed E-state index contributed by atoms with van der Waals surface area (Å²) in [6.07, 6.45) is 1.93. The van der Waals surface area contributed by atoms with Crippen LogP contribution in [0.4, 0.5) is 4.39 Å². The van der Waals surface area contributed by atoms with Gasteiger partial charge in [0.25, 0.3) is 0 Å². The van der Waals surface area contributed by atoms with Crippen LogP contribution in [0.3, 0.4) is 0 Å². The molecule has 0 saturated heterocycles. The molecule has 1 aromatic heterocycles. The molecule has 1 heterocycles. The van der Waals surface area contributed by atoms with Gasteiger partial charge in [-0.05, 0) is 36.8 Å². The van der Waals surface area contributed by atoms with Crippen LogP contribution in [-0.4, -0.2) is 10.8 Å². The van der Waals surface area contributed by atoms with Crippen molar-refractivity contribution in [2.24, 2.45) is 0 Å². The summed E-state index contributed by atoms with van der Waals surface area (Å²) in [7, 11) is 0. The topological polar surface area (TPSA) is 32.9 Å². The van der Waals surface area contributed by atoms with Crippen molar-refractivity contribution in [3.63, 3.8) is 0 Å². The highest BCUT2D eigenvalue weighted by atomic mass is 19.1. The number of aryl methyl sites for hydroxylation is 1. The van der Waals surface area contributed by atoms with Crippen LogP contribution < -0.4 is 0 Å². The van der Waals surface area contributed by atoms with Gasteiger partial charge in [-0.3, -0.25) is 4.79 Å². The Kier molecular flexibility index (Phi) is 3.11. The highest BCUT2D eigenvalue weighted by Crippen LogP contribution is 2.21. The molecule has 0 saturated carbocycles. The Labute approximate surface area is 116 Å². The van der Waals surface area contributed by atoms with Crippen molar-refractivity contribution >= 4 is 16.7 Å². The van der Waals surface area contributed by atoms with Crippen molar-refractivity contribution in [2.45, 2.75) is 13.3 Å². The second-order valence-electron chi connectivity index (χ2n) is 4.98. The summed E-state index contributed by atoms with van der Waals surface area (Å²) in [5, 5.41) is 0.923. The maximum atomic E-state index is 13.1. The van der Waals surface area contributed by atoms with Crippen LogP contribution in [-0.2, 0) is 6.42 Å². The van der Waals surface area contributed by atoms with Crippen LogP contribution >= 0.6 is 0 Å². The minimum atomic E-state index is -0.315. The molecule has 0 bridgehead atoms. The maximum absolute atomic E-state index is 13.1. The Hall–Kier alpha value is -2.42. The van der Waals surface area contributed by atoms with Crippen molar-refractivity contribution in [1.29, 1.82) is 0 Å². The summed E-state index contributed by atoms with van der Waals surface area (Å²) < 4.78 is 13.1. The number of hydrogen-bond donors (Lipinski definition) is 1. The molecule has 0 aliphatic heterocycles. The molecule has 0 unspecified atom stereocenters. The monoisotopic (exact) mass is 267 g/mol. The summed E-state index contributed by atoms with van der Waals surface area (Å²) in [4.78, 5) is 15.5. The first-order valence-corrected chi connectivity index (χ1v) is 6.49. The Morgan fingerprint density at radius 3 is 2.85 bits per heavy atom. The molecule has 1 N–H and O–H groups in total. The van der Waals surface area contributed by atoms with Crippen LogP contribution in [0.15, 0.2) is 48.7 Å². The normalized spacial score (nSPS) is 10.9. The summed E-state index contributed by atoms with van der Waals surface area (Å²) in [5.41, 5.74) is 3.40. The fourth-order valence-corrected chi connectivity index (χ4v) is 2.39. The second kappa shape index (κ2) is 4.93. The van der Waals surface area contributed by atoms with Crippen LogP contribution in [0.5, 0.6) is 0 Å². The number of ketones is 1. The van der Waals surface area contributed by atoms with Crippen LogP contribution in [0.2, 0.25) is 0 Å². The zero-order valence-electron chi connectivity index (χ0n) is 11.1. The summed E-state index contributed by atoms with van der Waals surface area (Å²) >= 11 is 0. The van der Waals surface area contributed by atoms with Gasteiger partial charge in [-0.15, -0.1) is 0 Å². The Morgan fingerprint density at radius 1 is 1.20 bits per heavy atom. The molecule has 2 nitrogen and oxygen atoms in total. The molecular weight excluding hydrogens is 253 g/mol. The summed E-state index contributed by atoms with van der Waals surface area (Å²) in [6.45, 7) is 1.99. The van der Waals surface area contributed by atoms with E-state index in [1.165, 1.54) is 12.1 Å². The van der Waals surface area contributed by atoms with Gasteiger partial charge in [-0.1, -0.05) is 23.8 Å². The minimum Gasteiger partial charge on any atom is -0.360 e. The standard InChI is InChI=1S/C17H14FNO/c1-11-5-6-16-14(7-11)15(10-19-16)17(20)9-12-3-2-4-13(18)8-12/h2-8,10,19H,9H2,1H3. The number of Topliss-reactive ketones (excluding diaryl/α,β-unsaturated/α-hetero) is 1. The summed E-state index contributed by atoms with van der Waals surface area (Å²) in [5.74, 6) is -0.322. The Bertz CT molecular complexity index is 789. The van der Waals surface area contributed by atoms with E-state index in [2.05, 4.69) is 4.98 Å². The van der Waals surface area contributed by atoms with E-state index in [1.807, 2.05) is 25.1 Å². The Morgan fingerprint density at radius 2 is 2.05 bits per heavy atom. The second-order valence-corrected chi connectivity index (χ2v) is 4.98. The molecule has 2 aromatic carbocycles. The van der Waals surface area contributed by atoms with Gasteiger partial charge in [-0.25, -0.2) is 4.39 Å². The number of carbonyl (C=O) groups excluding carboxylic acids is 1. The van der Waals surface area contributed by atoms with Crippen LogP contribution in [0, 0.1) is 12.7 Å². The lowest BCUT2D eigenvalue weighted by molar-refractivity contribution is 0.0994. The van der Waals surface area contributed by atoms with Gasteiger partial charge in [0.2, 0.25) is 0 Å². The largest absolute Gasteiger partial charge is 0.360 e. The van der Waals surface area contributed by atoms with Crippen molar-refractivity contribution in [3.05, 3.63) is 71.2 Å². The quantitative estimate of drug-likeness (QED) is 0.714. The lowest BCUT2D eigenvalue weighted by Gasteiger charge is -2.01. The van der Waals surface area contributed by atoms with Gasteiger partial charge in [-0.2, -0.15) is 0 Å². The molecule has 0 fully saturated rings. The molecule has 0 radical (unpaired) electrons. The predicted molar refractivity (Wildman–Crippen MR) is 77.5 cm³/mol. The average molecular weight is 267 g/mol. The van der Waals surface area contributed by atoms with Crippen molar-refractivity contribution in [1.82, 2.24) is 4.98 Å². The zero-order valence-corrected chi connectivity index (χ0v) is 11.1. The number of aromatic nitrogens is 1. The fourth-order valence-electron chi connectivity index (χ4n) is 2.39. The molecule has 100 valence electrons. The van der Waals surface area contributed by atoms with Crippen molar-refractivity contribution in [3.8, 4) is 0 Å². The highest BCUT2D eigenvalue weighted by molar-refractivity contribution is 6.08. The highest BCUT2D eigenvalue weighted by Gasteiger charge is 2.13. The third-order valence-electron chi connectivity index (χ3n) is 3.39. The van der Waals surface area contributed by atoms with E-state index >= 15 is 0 Å². The number of fused-ring (bicyclic) bond motifs is 1. The number of H-pyrrole nitrogens is 1. The zero-order chi connectivity index (χ0) is 14.1. The van der Waals surface area contributed by atoms with Gasteiger partial charge < -0.3 is 4.98 Å². The first-order valence-electron chi connectivity index (χ1n) is 6.49. The number of aromatic amines is 1. The minimum absolute atomic E-state index is 0.00699. The first kappa shape index (κ1) is 12.6. The van der Waals surface area contributed by atoms with Gasteiger partial charge in [0.1, 0.15) is 5.82 Å².